The third-order valence-electron chi connectivity index (χ3n) is 7.04. The number of benzene rings is 2. The highest BCUT2D eigenvalue weighted by Crippen LogP contribution is 2.30. The first-order valence-corrected chi connectivity index (χ1v) is 12.1. The highest BCUT2D eigenvalue weighted by Gasteiger charge is 2.33. The molecule has 1 N–H and O–H groups in total. The summed E-state index contributed by atoms with van der Waals surface area (Å²) >= 11 is 0. The number of hydrogen-bond donors (Lipinski definition) is 1. The molecule has 0 spiro atoms. The van der Waals surface area contributed by atoms with E-state index in [0.29, 0.717) is 32.1 Å². The summed E-state index contributed by atoms with van der Waals surface area (Å²) in [6.07, 6.45) is 4.89. The van der Waals surface area contributed by atoms with Gasteiger partial charge in [0.2, 0.25) is 11.8 Å². The zero-order chi connectivity index (χ0) is 25.1. The minimum atomic E-state index is -0.689. The Balaban J connectivity index is 1.08. The van der Waals surface area contributed by atoms with Crippen molar-refractivity contribution in [2.75, 3.05) is 36.4 Å². The number of likely N-dealkylation sites (tertiary alicyclic amines) is 1. The maximum atomic E-state index is 13.9. The Kier molecular flexibility index (Phi) is 6.88. The lowest BCUT2D eigenvalue weighted by Gasteiger charge is -2.39. The first-order chi connectivity index (χ1) is 17.5. The molecule has 2 aromatic carbocycles. The van der Waals surface area contributed by atoms with Gasteiger partial charge in [-0.05, 0) is 54.2 Å². The molecule has 0 radical (unpaired) electrons. The number of anilines is 2. The zero-order valence-electron chi connectivity index (χ0n) is 19.7. The maximum Gasteiger partial charge on any atom is 0.231 e. The topological polar surface area (TPSA) is 78.4 Å². The molecule has 2 saturated heterocycles. The predicted molar refractivity (Wildman–Crippen MR) is 131 cm³/mol. The zero-order valence-corrected chi connectivity index (χ0v) is 19.7. The molecule has 186 valence electrons. The van der Waals surface area contributed by atoms with Crippen LogP contribution in [-0.4, -0.2) is 53.1 Å². The molecule has 0 aliphatic carbocycles. The van der Waals surface area contributed by atoms with Crippen molar-refractivity contribution < 1.29 is 18.4 Å². The van der Waals surface area contributed by atoms with E-state index in [0.717, 1.165) is 30.3 Å². The van der Waals surface area contributed by atoms with Crippen LogP contribution in [0.15, 0.2) is 60.9 Å². The van der Waals surface area contributed by atoms with Gasteiger partial charge in [0, 0.05) is 37.9 Å². The maximum absolute atomic E-state index is 13.9. The lowest BCUT2D eigenvalue weighted by atomic mass is 9.89. The Labute approximate surface area is 208 Å². The van der Waals surface area contributed by atoms with Crippen molar-refractivity contribution in [3.05, 3.63) is 83.7 Å². The van der Waals surface area contributed by atoms with Crippen LogP contribution in [0.4, 0.5) is 20.2 Å². The van der Waals surface area contributed by atoms with Gasteiger partial charge in [-0.25, -0.2) is 8.78 Å². The molecule has 0 unspecified atom stereocenters. The van der Waals surface area contributed by atoms with Crippen molar-refractivity contribution >= 4 is 23.2 Å². The van der Waals surface area contributed by atoms with E-state index in [9.17, 15) is 18.4 Å². The van der Waals surface area contributed by atoms with Gasteiger partial charge in [-0.2, -0.15) is 10.2 Å². The molecule has 0 saturated carbocycles. The number of carbonyl (C=O) groups excluding carboxylic acids is 2. The average Bonchev–Trinajstić information content (AvgIpc) is 2.86. The number of aromatic nitrogens is 2. The molecular formula is C27H27F2N5O2. The van der Waals surface area contributed by atoms with Crippen LogP contribution in [0.1, 0.15) is 29.9 Å². The SMILES string of the molecule is O=C(Nc1ccc(C2CCN(C(=O)Cc3ccc(F)cc3F)CC2)cc1)C1CN(c2ccnnc2)C1. The second-order valence-electron chi connectivity index (χ2n) is 9.38. The van der Waals surface area contributed by atoms with E-state index in [1.54, 1.807) is 17.3 Å². The molecule has 0 bridgehead atoms. The van der Waals surface area contributed by atoms with E-state index in [1.807, 2.05) is 30.3 Å². The lowest BCUT2D eigenvalue weighted by Crippen LogP contribution is -2.52. The number of halogens is 2. The van der Waals surface area contributed by atoms with Crippen LogP contribution in [0.3, 0.4) is 0 Å². The van der Waals surface area contributed by atoms with Crippen LogP contribution in [0, 0.1) is 17.6 Å². The van der Waals surface area contributed by atoms with Crippen molar-refractivity contribution in [3.63, 3.8) is 0 Å². The molecule has 7 nitrogen and oxygen atoms in total. The van der Waals surface area contributed by atoms with Crippen LogP contribution in [0.25, 0.3) is 0 Å². The van der Waals surface area contributed by atoms with Crippen LogP contribution in [0.2, 0.25) is 0 Å². The van der Waals surface area contributed by atoms with E-state index in [1.165, 1.54) is 17.7 Å². The molecule has 2 aliphatic heterocycles. The summed E-state index contributed by atoms with van der Waals surface area (Å²) in [5.74, 6) is -1.23. The number of hydrogen-bond acceptors (Lipinski definition) is 5. The summed E-state index contributed by atoms with van der Waals surface area (Å²) in [6, 6.07) is 13.1. The van der Waals surface area contributed by atoms with Gasteiger partial charge in [-0.3, -0.25) is 9.59 Å². The molecule has 0 atom stereocenters. The number of rotatable bonds is 6. The van der Waals surface area contributed by atoms with Crippen molar-refractivity contribution in [1.82, 2.24) is 15.1 Å². The van der Waals surface area contributed by atoms with Gasteiger partial charge in [-0.1, -0.05) is 18.2 Å². The Morgan fingerprint density at radius 3 is 2.39 bits per heavy atom. The van der Waals surface area contributed by atoms with Crippen LogP contribution in [0.5, 0.6) is 0 Å². The Bertz CT molecular complexity index is 1220. The molecule has 9 heteroatoms. The molecule has 2 amide bonds. The van der Waals surface area contributed by atoms with Gasteiger partial charge in [0.25, 0.3) is 0 Å². The summed E-state index contributed by atoms with van der Waals surface area (Å²) in [6.45, 7) is 2.49. The summed E-state index contributed by atoms with van der Waals surface area (Å²) in [5.41, 5.74) is 3.12. The Morgan fingerprint density at radius 2 is 1.72 bits per heavy atom. The second-order valence-corrected chi connectivity index (χ2v) is 9.38. The van der Waals surface area contributed by atoms with Crippen LogP contribution < -0.4 is 10.2 Å². The standard InChI is InChI=1S/C27H27F2N5O2/c28-22-4-1-20(25(29)14-22)13-26(35)33-11-8-19(9-12-33)18-2-5-23(6-3-18)32-27(36)21-16-34(17-21)24-7-10-30-31-15-24/h1-7,10,14-15,19,21H,8-9,11-13,16-17H2,(H,32,36). The predicted octanol–water partition coefficient (Wildman–Crippen LogP) is 3.78. The third kappa shape index (κ3) is 5.35. The monoisotopic (exact) mass is 491 g/mol. The largest absolute Gasteiger partial charge is 0.368 e. The van der Waals surface area contributed by atoms with Gasteiger partial charge >= 0.3 is 0 Å². The van der Waals surface area contributed by atoms with Gasteiger partial charge in [0.15, 0.2) is 0 Å². The molecular weight excluding hydrogens is 464 g/mol. The molecule has 1 aromatic heterocycles. The van der Waals surface area contributed by atoms with Gasteiger partial charge in [0.1, 0.15) is 11.6 Å². The molecule has 3 aromatic rings. The summed E-state index contributed by atoms with van der Waals surface area (Å²) in [7, 11) is 0. The van der Waals surface area contributed by atoms with Crippen LogP contribution >= 0.6 is 0 Å². The van der Waals surface area contributed by atoms with E-state index in [2.05, 4.69) is 20.4 Å². The Morgan fingerprint density at radius 1 is 0.972 bits per heavy atom. The molecule has 3 heterocycles. The van der Waals surface area contributed by atoms with E-state index in [4.69, 9.17) is 0 Å². The third-order valence-corrected chi connectivity index (χ3v) is 7.04. The molecule has 2 aliphatic rings. The minimum Gasteiger partial charge on any atom is -0.368 e. The van der Waals surface area contributed by atoms with Gasteiger partial charge in [-0.15, -0.1) is 0 Å². The smallest absolute Gasteiger partial charge is 0.231 e. The minimum absolute atomic E-state index is 0.00503. The Hall–Kier alpha value is -3.88. The number of amides is 2. The van der Waals surface area contributed by atoms with E-state index in [-0.39, 0.29) is 29.7 Å². The van der Waals surface area contributed by atoms with Gasteiger partial charge in [0.05, 0.1) is 30.4 Å². The van der Waals surface area contributed by atoms with Crippen LogP contribution in [-0.2, 0) is 16.0 Å². The number of carbonyl (C=O) groups is 2. The van der Waals surface area contributed by atoms with Crippen molar-refractivity contribution in [2.24, 2.45) is 5.92 Å². The van der Waals surface area contributed by atoms with Crippen molar-refractivity contribution in [2.45, 2.75) is 25.2 Å². The highest BCUT2D eigenvalue weighted by atomic mass is 19.1. The van der Waals surface area contributed by atoms with Crippen molar-refractivity contribution in [3.8, 4) is 0 Å². The normalized spacial score (nSPS) is 16.5. The fraction of sp³-hybridized carbons (Fsp3) is 0.333. The average molecular weight is 492 g/mol. The molecule has 2 fully saturated rings. The highest BCUT2D eigenvalue weighted by molar-refractivity contribution is 5.94. The lowest BCUT2D eigenvalue weighted by molar-refractivity contribution is -0.131. The van der Waals surface area contributed by atoms with Crippen molar-refractivity contribution in [1.29, 1.82) is 0 Å². The molecule has 5 rings (SSSR count). The summed E-state index contributed by atoms with van der Waals surface area (Å²) in [4.78, 5) is 29.0. The van der Waals surface area contributed by atoms with E-state index < -0.39 is 11.6 Å². The fourth-order valence-corrected chi connectivity index (χ4v) is 4.81. The number of nitrogens with zero attached hydrogens (tertiary/aromatic N) is 4. The number of nitrogens with one attached hydrogen (secondary N) is 1. The first-order valence-electron chi connectivity index (χ1n) is 12.1. The number of piperidine rings is 1. The quantitative estimate of drug-likeness (QED) is 0.568. The summed E-state index contributed by atoms with van der Waals surface area (Å²) in [5, 5.41) is 10.6. The summed E-state index contributed by atoms with van der Waals surface area (Å²) < 4.78 is 27.0. The fourth-order valence-electron chi connectivity index (χ4n) is 4.81. The first kappa shape index (κ1) is 23.8. The van der Waals surface area contributed by atoms with E-state index >= 15 is 0 Å². The molecule has 36 heavy (non-hydrogen) atoms. The second kappa shape index (κ2) is 10.4. The van der Waals surface area contributed by atoms with Gasteiger partial charge < -0.3 is 15.1 Å².